The third kappa shape index (κ3) is 5.36. The Bertz CT molecular complexity index is 124. The zero-order chi connectivity index (χ0) is 7.28. The summed E-state index contributed by atoms with van der Waals surface area (Å²) in [4.78, 5) is 9.90. The molecule has 0 fully saturated rings. The van der Waals surface area contributed by atoms with E-state index in [1.165, 1.54) is 0 Å². The van der Waals surface area contributed by atoms with Crippen LogP contribution in [0.1, 0.15) is 13.3 Å². The van der Waals surface area contributed by atoms with Gasteiger partial charge in [0, 0.05) is 0 Å². The second kappa shape index (κ2) is 4.38. The SMILES string of the molecule is CCC(=N)SCC(=O)O. The number of carbonyl (C=O) groups is 1. The molecular formula is C5H9NO2S. The van der Waals surface area contributed by atoms with Crippen LogP contribution >= 0.6 is 11.8 Å². The molecule has 0 aliphatic carbocycles. The van der Waals surface area contributed by atoms with Crippen molar-refractivity contribution in [3.63, 3.8) is 0 Å². The molecule has 0 saturated carbocycles. The van der Waals surface area contributed by atoms with Crippen molar-refractivity contribution in [2.45, 2.75) is 13.3 Å². The minimum absolute atomic E-state index is 0.00662. The Balaban J connectivity index is 3.28. The van der Waals surface area contributed by atoms with Crippen LogP contribution in [0, 0.1) is 5.41 Å². The monoisotopic (exact) mass is 147 g/mol. The van der Waals surface area contributed by atoms with Crippen molar-refractivity contribution < 1.29 is 9.90 Å². The van der Waals surface area contributed by atoms with Gasteiger partial charge >= 0.3 is 5.97 Å². The Hall–Kier alpha value is -0.510. The molecule has 0 radical (unpaired) electrons. The van der Waals surface area contributed by atoms with E-state index in [1.807, 2.05) is 6.92 Å². The standard InChI is InChI=1S/C5H9NO2S/c1-2-4(6)9-3-5(7)8/h6H,2-3H2,1H3,(H,7,8). The molecule has 52 valence electrons. The summed E-state index contributed by atoms with van der Waals surface area (Å²) in [6.07, 6.45) is 0.623. The van der Waals surface area contributed by atoms with E-state index in [0.717, 1.165) is 11.8 Å². The maximum absolute atomic E-state index is 9.90. The molecule has 0 aromatic rings. The fourth-order valence-electron chi connectivity index (χ4n) is 0.251. The molecule has 0 aliphatic rings. The topological polar surface area (TPSA) is 61.2 Å². The number of aliphatic carboxylic acids is 1. The molecule has 0 bridgehead atoms. The summed E-state index contributed by atoms with van der Waals surface area (Å²) < 4.78 is 0. The summed E-state index contributed by atoms with van der Waals surface area (Å²) in [5, 5.41) is 15.6. The second-order valence-corrected chi connectivity index (χ2v) is 2.53. The van der Waals surface area contributed by atoms with E-state index in [2.05, 4.69) is 0 Å². The van der Waals surface area contributed by atoms with Crippen LogP contribution in [0.2, 0.25) is 0 Å². The van der Waals surface area contributed by atoms with E-state index in [0.29, 0.717) is 11.5 Å². The van der Waals surface area contributed by atoms with Gasteiger partial charge in [0.25, 0.3) is 0 Å². The van der Waals surface area contributed by atoms with Gasteiger partial charge in [-0.25, -0.2) is 0 Å². The average molecular weight is 147 g/mol. The molecule has 0 unspecified atom stereocenters. The third-order valence-corrected chi connectivity index (χ3v) is 1.72. The number of nitrogens with one attached hydrogen (secondary N) is 1. The smallest absolute Gasteiger partial charge is 0.313 e. The van der Waals surface area contributed by atoms with Gasteiger partial charge in [0.2, 0.25) is 0 Å². The molecule has 0 atom stereocenters. The van der Waals surface area contributed by atoms with Gasteiger partial charge in [0.1, 0.15) is 0 Å². The van der Waals surface area contributed by atoms with Crippen LogP contribution in [0.4, 0.5) is 0 Å². The Morgan fingerprint density at radius 3 is 2.67 bits per heavy atom. The number of carboxylic acid groups (broad SMARTS) is 1. The summed E-state index contributed by atoms with van der Waals surface area (Å²) >= 11 is 1.07. The number of hydrogen-bond donors (Lipinski definition) is 2. The zero-order valence-electron chi connectivity index (χ0n) is 5.18. The molecule has 9 heavy (non-hydrogen) atoms. The lowest BCUT2D eigenvalue weighted by atomic mass is 10.5. The van der Waals surface area contributed by atoms with E-state index >= 15 is 0 Å². The number of carboxylic acids is 1. The Morgan fingerprint density at radius 2 is 2.33 bits per heavy atom. The lowest BCUT2D eigenvalue weighted by Crippen LogP contribution is -2.00. The summed E-state index contributed by atoms with van der Waals surface area (Å²) in [5.74, 6) is -0.856. The number of rotatable bonds is 3. The fourth-order valence-corrected chi connectivity index (χ4v) is 0.753. The average Bonchev–Trinajstić information content (AvgIpc) is 1.83. The van der Waals surface area contributed by atoms with Crippen molar-refractivity contribution >= 4 is 22.8 Å². The van der Waals surface area contributed by atoms with Gasteiger partial charge < -0.3 is 5.11 Å². The molecule has 0 saturated heterocycles. The van der Waals surface area contributed by atoms with Gasteiger partial charge in [-0.05, 0) is 6.42 Å². The molecule has 0 rings (SSSR count). The van der Waals surface area contributed by atoms with Crippen molar-refractivity contribution in [3.8, 4) is 0 Å². The third-order valence-electron chi connectivity index (χ3n) is 0.691. The minimum Gasteiger partial charge on any atom is -0.481 e. The van der Waals surface area contributed by atoms with Crippen molar-refractivity contribution in [3.05, 3.63) is 0 Å². The lowest BCUT2D eigenvalue weighted by molar-refractivity contribution is -0.133. The molecule has 4 heteroatoms. The zero-order valence-corrected chi connectivity index (χ0v) is 5.99. The molecular weight excluding hydrogens is 138 g/mol. The van der Waals surface area contributed by atoms with E-state index in [1.54, 1.807) is 0 Å². The molecule has 0 aliphatic heterocycles. The van der Waals surface area contributed by atoms with Crippen LogP contribution in [0.5, 0.6) is 0 Å². The predicted octanol–water partition coefficient (Wildman–Crippen LogP) is 1.19. The van der Waals surface area contributed by atoms with E-state index in [4.69, 9.17) is 10.5 Å². The van der Waals surface area contributed by atoms with Gasteiger partial charge in [-0.2, -0.15) is 0 Å². The van der Waals surface area contributed by atoms with Crippen LogP contribution in [-0.2, 0) is 4.79 Å². The molecule has 0 aromatic heterocycles. The van der Waals surface area contributed by atoms with E-state index < -0.39 is 5.97 Å². The fraction of sp³-hybridized carbons (Fsp3) is 0.600. The first kappa shape index (κ1) is 8.49. The number of thioether (sulfide) groups is 1. The van der Waals surface area contributed by atoms with Crippen LogP contribution in [-0.4, -0.2) is 21.9 Å². The van der Waals surface area contributed by atoms with E-state index in [-0.39, 0.29) is 5.75 Å². The first-order chi connectivity index (χ1) is 4.16. The molecule has 0 spiro atoms. The first-order valence-corrected chi connectivity index (χ1v) is 3.57. The minimum atomic E-state index is -0.863. The molecule has 0 amide bonds. The van der Waals surface area contributed by atoms with Gasteiger partial charge in [-0.15, -0.1) is 0 Å². The molecule has 0 heterocycles. The van der Waals surface area contributed by atoms with Crippen molar-refractivity contribution in [1.82, 2.24) is 0 Å². The highest BCUT2D eigenvalue weighted by Crippen LogP contribution is 2.03. The maximum Gasteiger partial charge on any atom is 0.313 e. The Labute approximate surface area is 58.0 Å². The highest BCUT2D eigenvalue weighted by Gasteiger charge is 1.98. The van der Waals surface area contributed by atoms with Gasteiger partial charge in [-0.1, -0.05) is 18.7 Å². The van der Waals surface area contributed by atoms with Gasteiger partial charge in [0.15, 0.2) is 0 Å². The number of hydrogen-bond acceptors (Lipinski definition) is 3. The van der Waals surface area contributed by atoms with Gasteiger partial charge in [0.05, 0.1) is 10.8 Å². The lowest BCUT2D eigenvalue weighted by Gasteiger charge is -1.93. The largest absolute Gasteiger partial charge is 0.481 e. The molecule has 3 nitrogen and oxygen atoms in total. The first-order valence-electron chi connectivity index (χ1n) is 2.58. The Kier molecular flexibility index (Phi) is 4.13. The summed E-state index contributed by atoms with van der Waals surface area (Å²) in [5.41, 5.74) is 0. The van der Waals surface area contributed by atoms with Crippen LogP contribution in [0.3, 0.4) is 0 Å². The van der Waals surface area contributed by atoms with Crippen LogP contribution in [0.25, 0.3) is 0 Å². The predicted molar refractivity (Wildman–Crippen MR) is 38.1 cm³/mol. The summed E-state index contributed by atoms with van der Waals surface area (Å²) in [6, 6.07) is 0. The summed E-state index contributed by atoms with van der Waals surface area (Å²) in [6.45, 7) is 1.83. The van der Waals surface area contributed by atoms with Crippen molar-refractivity contribution in [1.29, 1.82) is 5.41 Å². The van der Waals surface area contributed by atoms with Crippen LogP contribution in [0.15, 0.2) is 0 Å². The van der Waals surface area contributed by atoms with Crippen molar-refractivity contribution in [2.24, 2.45) is 0 Å². The maximum atomic E-state index is 9.90. The second-order valence-electron chi connectivity index (χ2n) is 1.46. The molecule has 2 N–H and O–H groups in total. The van der Waals surface area contributed by atoms with E-state index in [9.17, 15) is 4.79 Å². The quantitative estimate of drug-likeness (QED) is 0.465. The highest BCUT2D eigenvalue weighted by molar-refractivity contribution is 8.14. The molecule has 0 aromatic carbocycles. The highest BCUT2D eigenvalue weighted by atomic mass is 32.2. The Morgan fingerprint density at radius 1 is 1.78 bits per heavy atom. The van der Waals surface area contributed by atoms with Crippen molar-refractivity contribution in [2.75, 3.05) is 5.75 Å². The van der Waals surface area contributed by atoms with Crippen LogP contribution < -0.4 is 0 Å². The van der Waals surface area contributed by atoms with Gasteiger partial charge in [-0.3, -0.25) is 10.2 Å². The normalized spacial score (nSPS) is 9.00. The summed E-state index contributed by atoms with van der Waals surface area (Å²) in [7, 11) is 0.